The summed E-state index contributed by atoms with van der Waals surface area (Å²) in [5, 5.41) is 6.72. The van der Waals surface area contributed by atoms with Gasteiger partial charge in [-0.3, -0.25) is 9.89 Å². The van der Waals surface area contributed by atoms with Gasteiger partial charge in [0.05, 0.1) is 19.3 Å². The van der Waals surface area contributed by atoms with Crippen LogP contribution in [0.3, 0.4) is 0 Å². The number of ether oxygens (including phenoxy) is 2. The number of nitrogens with zero attached hydrogens (tertiary/aromatic N) is 3. The summed E-state index contributed by atoms with van der Waals surface area (Å²) in [5.41, 5.74) is 0. The van der Waals surface area contributed by atoms with Crippen LogP contribution in [0.25, 0.3) is 0 Å². The molecule has 0 aromatic carbocycles. The van der Waals surface area contributed by atoms with Crippen molar-refractivity contribution < 1.29 is 9.47 Å². The third-order valence-corrected chi connectivity index (χ3v) is 4.03. The van der Waals surface area contributed by atoms with Crippen molar-refractivity contribution in [3.05, 3.63) is 0 Å². The number of hydrogen-bond donors (Lipinski definition) is 2. The van der Waals surface area contributed by atoms with Crippen LogP contribution < -0.4 is 10.6 Å². The molecule has 2 N–H and O–H groups in total. The Morgan fingerprint density at radius 1 is 1.38 bits per heavy atom. The largest absolute Gasteiger partial charge is 0.383 e. The molecule has 0 aromatic heterocycles. The van der Waals surface area contributed by atoms with Gasteiger partial charge in [0.15, 0.2) is 5.96 Å². The van der Waals surface area contributed by atoms with E-state index in [0.717, 1.165) is 65.0 Å². The third kappa shape index (κ3) is 9.42. The van der Waals surface area contributed by atoms with Gasteiger partial charge in [-0.1, -0.05) is 13.8 Å². The fraction of sp³-hybridized carbons (Fsp3) is 0.941. The average molecular weight is 344 g/mol. The van der Waals surface area contributed by atoms with Gasteiger partial charge >= 0.3 is 0 Å². The maximum Gasteiger partial charge on any atom is 0.191 e. The minimum absolute atomic E-state index is 0.223. The molecule has 1 unspecified atom stereocenters. The maximum atomic E-state index is 5.86. The van der Waals surface area contributed by atoms with Gasteiger partial charge in [-0.25, -0.2) is 0 Å². The molecular weight excluding hydrogens is 306 g/mol. The van der Waals surface area contributed by atoms with Gasteiger partial charge in [-0.05, 0) is 13.0 Å². The Morgan fingerprint density at radius 2 is 2.17 bits per heavy atom. The lowest BCUT2D eigenvalue weighted by Gasteiger charge is -2.34. The van der Waals surface area contributed by atoms with Crippen LogP contribution in [-0.2, 0) is 9.47 Å². The Balaban J connectivity index is 2.21. The summed E-state index contributed by atoms with van der Waals surface area (Å²) in [7, 11) is 5.63. The number of hydrogen-bond acceptors (Lipinski definition) is 5. The number of guanidine groups is 1. The molecule has 0 radical (unpaired) electrons. The van der Waals surface area contributed by atoms with Crippen molar-refractivity contribution in [1.29, 1.82) is 0 Å². The molecule has 142 valence electrons. The molecule has 0 aliphatic carbocycles. The van der Waals surface area contributed by atoms with Gasteiger partial charge in [0.2, 0.25) is 0 Å². The topological polar surface area (TPSA) is 61.4 Å². The smallest absolute Gasteiger partial charge is 0.191 e. The van der Waals surface area contributed by atoms with E-state index in [4.69, 9.17) is 9.47 Å². The zero-order valence-corrected chi connectivity index (χ0v) is 16.2. The van der Waals surface area contributed by atoms with Gasteiger partial charge in [-0.15, -0.1) is 0 Å². The van der Waals surface area contributed by atoms with Crippen LogP contribution in [-0.4, -0.2) is 102 Å². The molecule has 0 saturated carbocycles. The molecule has 7 nitrogen and oxygen atoms in total. The van der Waals surface area contributed by atoms with E-state index in [9.17, 15) is 0 Å². The minimum atomic E-state index is 0.223. The van der Waals surface area contributed by atoms with E-state index in [0.29, 0.717) is 5.92 Å². The predicted molar refractivity (Wildman–Crippen MR) is 99.8 cm³/mol. The molecule has 0 spiro atoms. The Labute approximate surface area is 147 Å². The van der Waals surface area contributed by atoms with Gasteiger partial charge in [-0.2, -0.15) is 0 Å². The number of rotatable bonds is 10. The van der Waals surface area contributed by atoms with E-state index in [-0.39, 0.29) is 6.10 Å². The van der Waals surface area contributed by atoms with Gasteiger partial charge in [0.1, 0.15) is 0 Å². The molecular formula is C17H37N5O2. The summed E-state index contributed by atoms with van der Waals surface area (Å²) in [6.07, 6.45) is 0.223. The Morgan fingerprint density at radius 3 is 2.83 bits per heavy atom. The van der Waals surface area contributed by atoms with E-state index in [1.54, 1.807) is 14.2 Å². The lowest BCUT2D eigenvalue weighted by atomic mass is 10.2. The van der Waals surface area contributed by atoms with Crippen LogP contribution in [0.5, 0.6) is 0 Å². The number of likely N-dealkylation sites (N-methyl/N-ethyl adjacent to an activating group) is 1. The van der Waals surface area contributed by atoms with E-state index in [1.807, 2.05) is 0 Å². The standard InChI is InChI=1S/C17H37N5O2/c1-15(2)13-22-9-11-24-16(14-22)12-20-17(18-3)19-6-7-21(4)8-10-23-5/h15-16H,6-14H2,1-5H3,(H2,18,19,20). The monoisotopic (exact) mass is 343 g/mol. The minimum Gasteiger partial charge on any atom is -0.383 e. The molecule has 1 heterocycles. The summed E-state index contributed by atoms with van der Waals surface area (Å²) in [5.74, 6) is 1.53. The van der Waals surface area contributed by atoms with Crippen molar-refractivity contribution in [2.24, 2.45) is 10.9 Å². The van der Waals surface area contributed by atoms with E-state index >= 15 is 0 Å². The number of aliphatic imine (C=N–C) groups is 1. The van der Waals surface area contributed by atoms with Crippen molar-refractivity contribution in [2.75, 3.05) is 80.2 Å². The van der Waals surface area contributed by atoms with Crippen LogP contribution in [0.2, 0.25) is 0 Å². The predicted octanol–water partition coefficient (Wildman–Crippen LogP) is 0.0864. The first-order valence-corrected chi connectivity index (χ1v) is 9.01. The first-order valence-electron chi connectivity index (χ1n) is 9.01. The summed E-state index contributed by atoms with van der Waals surface area (Å²) in [4.78, 5) is 9.00. The van der Waals surface area contributed by atoms with Crippen LogP contribution in [0.1, 0.15) is 13.8 Å². The Hall–Kier alpha value is -0.890. The highest BCUT2D eigenvalue weighted by Gasteiger charge is 2.20. The van der Waals surface area contributed by atoms with Crippen molar-refractivity contribution in [2.45, 2.75) is 20.0 Å². The fourth-order valence-corrected chi connectivity index (χ4v) is 2.74. The van der Waals surface area contributed by atoms with Crippen molar-refractivity contribution >= 4 is 5.96 Å². The second-order valence-corrected chi connectivity index (χ2v) is 6.82. The second kappa shape index (κ2) is 12.5. The highest BCUT2D eigenvalue weighted by Crippen LogP contribution is 2.07. The normalized spacial score (nSPS) is 20.0. The van der Waals surface area contributed by atoms with Crippen LogP contribution in [0.15, 0.2) is 4.99 Å². The number of morpholine rings is 1. The molecule has 7 heteroatoms. The van der Waals surface area contributed by atoms with Crippen molar-refractivity contribution in [3.8, 4) is 0 Å². The zero-order valence-electron chi connectivity index (χ0n) is 16.2. The molecule has 1 atom stereocenters. The summed E-state index contributed by atoms with van der Waals surface area (Å²) >= 11 is 0. The molecule has 0 bridgehead atoms. The van der Waals surface area contributed by atoms with E-state index < -0.39 is 0 Å². The van der Waals surface area contributed by atoms with Crippen LogP contribution in [0, 0.1) is 5.92 Å². The lowest BCUT2D eigenvalue weighted by Crippen LogP contribution is -2.50. The van der Waals surface area contributed by atoms with E-state index in [1.165, 1.54) is 0 Å². The quantitative estimate of drug-likeness (QED) is 0.433. The van der Waals surface area contributed by atoms with Gasteiger partial charge in [0, 0.05) is 60.0 Å². The molecule has 1 aliphatic rings. The molecule has 1 saturated heterocycles. The van der Waals surface area contributed by atoms with Crippen LogP contribution in [0.4, 0.5) is 0 Å². The molecule has 1 rings (SSSR count). The van der Waals surface area contributed by atoms with Crippen molar-refractivity contribution in [3.63, 3.8) is 0 Å². The molecule has 1 aliphatic heterocycles. The average Bonchev–Trinajstić information content (AvgIpc) is 2.55. The van der Waals surface area contributed by atoms with Gasteiger partial charge in [0.25, 0.3) is 0 Å². The number of nitrogens with one attached hydrogen (secondary N) is 2. The van der Waals surface area contributed by atoms with E-state index in [2.05, 4.69) is 46.3 Å². The maximum absolute atomic E-state index is 5.86. The summed E-state index contributed by atoms with van der Waals surface area (Å²) in [6.45, 7) is 12.8. The molecule has 1 fully saturated rings. The second-order valence-electron chi connectivity index (χ2n) is 6.82. The highest BCUT2D eigenvalue weighted by molar-refractivity contribution is 5.79. The lowest BCUT2D eigenvalue weighted by molar-refractivity contribution is -0.0284. The molecule has 0 aromatic rings. The summed E-state index contributed by atoms with van der Waals surface area (Å²) in [6, 6.07) is 0. The first-order chi connectivity index (χ1) is 11.5. The number of methoxy groups -OCH3 is 1. The SMILES string of the molecule is CN=C(NCCN(C)CCOC)NCC1CN(CC(C)C)CCO1. The molecule has 0 amide bonds. The van der Waals surface area contributed by atoms with Crippen molar-refractivity contribution in [1.82, 2.24) is 20.4 Å². The zero-order chi connectivity index (χ0) is 17.8. The third-order valence-electron chi connectivity index (χ3n) is 4.03. The fourth-order valence-electron chi connectivity index (χ4n) is 2.74. The Kier molecular flexibility index (Phi) is 11.0. The summed E-state index contributed by atoms with van der Waals surface area (Å²) < 4.78 is 10.9. The van der Waals surface area contributed by atoms with Gasteiger partial charge < -0.3 is 25.0 Å². The molecule has 24 heavy (non-hydrogen) atoms. The highest BCUT2D eigenvalue weighted by atomic mass is 16.5. The Bertz CT molecular complexity index is 352. The first kappa shape index (κ1) is 21.2. The van der Waals surface area contributed by atoms with Crippen LogP contribution >= 0.6 is 0 Å².